The van der Waals surface area contributed by atoms with Crippen molar-refractivity contribution >= 4 is 27.5 Å². The minimum Gasteiger partial charge on any atom is -0.508 e. The molecule has 7 heterocycles. The van der Waals surface area contributed by atoms with E-state index in [0.29, 0.717) is 34.6 Å². The Balaban J connectivity index is 1.30. The van der Waals surface area contributed by atoms with Crippen molar-refractivity contribution in [1.82, 2.24) is 30.0 Å². The van der Waals surface area contributed by atoms with Crippen LogP contribution in [0.25, 0.3) is 27.4 Å². The number of hydrogen-bond acceptors (Lipinski definition) is 9. The molecule has 10 nitrogen and oxygen atoms in total. The lowest BCUT2D eigenvalue weighted by molar-refractivity contribution is 0.108. The number of nitrogens with one attached hydrogen (secondary N) is 1. The number of fused-ring (bicyclic) bond motifs is 6. The fraction of sp³-hybridized carbons (Fsp3) is 0.438. The van der Waals surface area contributed by atoms with Gasteiger partial charge in [0, 0.05) is 36.6 Å². The highest BCUT2D eigenvalue weighted by molar-refractivity contribution is 5.97. The normalized spacial score (nSPS) is 22.7. The number of aromatic nitrogens is 4. The highest BCUT2D eigenvalue weighted by Crippen LogP contribution is 2.39. The molecule has 43 heavy (non-hydrogen) atoms. The lowest BCUT2D eigenvalue weighted by Gasteiger charge is -2.46. The highest BCUT2D eigenvalue weighted by Gasteiger charge is 2.45. The van der Waals surface area contributed by atoms with Crippen molar-refractivity contribution < 1.29 is 14.2 Å². The zero-order valence-corrected chi connectivity index (χ0v) is 23.7. The molecule has 5 aliphatic heterocycles. The molecule has 0 radical (unpaired) electrons. The van der Waals surface area contributed by atoms with Crippen LogP contribution in [-0.2, 0) is 0 Å². The Labute approximate surface area is 247 Å². The molecule has 0 spiro atoms. The van der Waals surface area contributed by atoms with Gasteiger partial charge in [-0.25, -0.2) is 4.39 Å². The standard InChI is InChI=1S/C32H32FN7O3/c1-2-23-25(33)8-5-19-13-22(41)14-26(27(19)23)40-30(42)28-24(16-35-40)29(39-17-20-6-7-21(39)15-34-20)37-31(36-28)43-18-32-9-3-11-38(32)12-4-10-32/h1,5,8,13-14,16,20-21,34,41H,3-4,6-7,9-12,15,17-18H2. The quantitative estimate of drug-likeness (QED) is 0.344. The molecule has 11 heteroatoms. The first kappa shape index (κ1) is 26.4. The van der Waals surface area contributed by atoms with Gasteiger partial charge < -0.3 is 20.1 Å². The molecule has 0 aliphatic carbocycles. The number of halogens is 1. The first-order valence-corrected chi connectivity index (χ1v) is 15.0. The third-order valence-corrected chi connectivity index (χ3v) is 9.91. The summed E-state index contributed by atoms with van der Waals surface area (Å²) >= 11 is 0. The Hall–Kier alpha value is -4.27. The van der Waals surface area contributed by atoms with Crippen LogP contribution in [0.1, 0.15) is 44.1 Å². The van der Waals surface area contributed by atoms with Crippen LogP contribution in [0.3, 0.4) is 0 Å². The van der Waals surface area contributed by atoms with Crippen molar-refractivity contribution in [2.75, 3.05) is 37.7 Å². The van der Waals surface area contributed by atoms with Crippen LogP contribution in [0, 0.1) is 18.2 Å². The number of hydrogen-bond donors (Lipinski definition) is 2. The fourth-order valence-corrected chi connectivity index (χ4v) is 7.78. The van der Waals surface area contributed by atoms with E-state index < -0.39 is 11.4 Å². The van der Waals surface area contributed by atoms with Crippen molar-refractivity contribution in [1.29, 1.82) is 0 Å². The number of ether oxygens (including phenoxy) is 1. The Morgan fingerprint density at radius 1 is 1.19 bits per heavy atom. The van der Waals surface area contributed by atoms with Crippen molar-refractivity contribution in [3.05, 3.63) is 52.2 Å². The van der Waals surface area contributed by atoms with Gasteiger partial charge in [-0.3, -0.25) is 9.69 Å². The molecule has 2 N–H and O–H groups in total. The van der Waals surface area contributed by atoms with Gasteiger partial charge >= 0.3 is 6.01 Å². The summed E-state index contributed by atoms with van der Waals surface area (Å²) in [7, 11) is 0. The number of terminal acetylenes is 1. The molecular weight excluding hydrogens is 549 g/mol. The number of piperazine rings is 1. The third kappa shape index (κ3) is 4.15. The van der Waals surface area contributed by atoms with Gasteiger partial charge in [0.15, 0.2) is 0 Å². The highest BCUT2D eigenvalue weighted by atomic mass is 19.1. The number of piperidine rings is 2. The second-order valence-corrected chi connectivity index (χ2v) is 12.3. The molecule has 5 saturated heterocycles. The number of anilines is 1. The van der Waals surface area contributed by atoms with E-state index in [4.69, 9.17) is 16.1 Å². The maximum atomic E-state index is 14.8. The first-order valence-electron chi connectivity index (χ1n) is 15.0. The van der Waals surface area contributed by atoms with E-state index in [-0.39, 0.29) is 40.1 Å². The lowest BCUT2D eigenvalue weighted by Crippen LogP contribution is -2.61. The van der Waals surface area contributed by atoms with Gasteiger partial charge in [0.2, 0.25) is 0 Å². The molecule has 2 aromatic carbocycles. The minimum atomic E-state index is -0.600. The van der Waals surface area contributed by atoms with Crippen molar-refractivity contribution in [2.45, 2.75) is 56.1 Å². The topological polar surface area (TPSA) is 109 Å². The van der Waals surface area contributed by atoms with Gasteiger partial charge in [-0.2, -0.15) is 19.7 Å². The smallest absolute Gasteiger partial charge is 0.319 e. The van der Waals surface area contributed by atoms with Crippen LogP contribution in [0.15, 0.2) is 35.3 Å². The van der Waals surface area contributed by atoms with Gasteiger partial charge in [0.25, 0.3) is 5.56 Å². The maximum Gasteiger partial charge on any atom is 0.319 e. The summed E-state index contributed by atoms with van der Waals surface area (Å²) < 4.78 is 22.3. The maximum absolute atomic E-state index is 14.8. The van der Waals surface area contributed by atoms with Crippen molar-refractivity contribution in [2.24, 2.45) is 0 Å². The van der Waals surface area contributed by atoms with E-state index in [2.05, 4.69) is 31.1 Å². The van der Waals surface area contributed by atoms with E-state index >= 15 is 0 Å². The van der Waals surface area contributed by atoms with Crippen molar-refractivity contribution in [3.63, 3.8) is 0 Å². The molecule has 0 saturated carbocycles. The molecular formula is C32H32FN7O3. The number of aromatic hydroxyl groups is 1. The molecule has 220 valence electrons. The lowest BCUT2D eigenvalue weighted by atomic mass is 9.93. The van der Waals surface area contributed by atoms with E-state index in [1.807, 2.05) is 0 Å². The average Bonchev–Trinajstić information content (AvgIpc) is 3.61. The number of benzene rings is 2. The number of nitrogens with zero attached hydrogens (tertiary/aromatic N) is 6. The molecule has 2 bridgehead atoms. The Kier molecular flexibility index (Phi) is 6.07. The molecule has 0 amide bonds. The Morgan fingerprint density at radius 2 is 2.02 bits per heavy atom. The summed E-state index contributed by atoms with van der Waals surface area (Å²) in [5.41, 5.74) is -0.243. The van der Waals surface area contributed by atoms with E-state index in [9.17, 15) is 14.3 Å². The van der Waals surface area contributed by atoms with Crippen LogP contribution in [-0.4, -0.2) is 80.2 Å². The predicted octanol–water partition coefficient (Wildman–Crippen LogP) is 3.10. The zero-order chi connectivity index (χ0) is 29.3. The van der Waals surface area contributed by atoms with Gasteiger partial charge in [-0.15, -0.1) is 6.42 Å². The predicted molar refractivity (Wildman–Crippen MR) is 160 cm³/mol. The zero-order valence-electron chi connectivity index (χ0n) is 23.7. The third-order valence-electron chi connectivity index (χ3n) is 9.91. The van der Waals surface area contributed by atoms with Crippen LogP contribution >= 0.6 is 0 Å². The second-order valence-electron chi connectivity index (χ2n) is 12.3. The summed E-state index contributed by atoms with van der Waals surface area (Å²) in [5, 5.41) is 19.9. The summed E-state index contributed by atoms with van der Waals surface area (Å²) in [6.07, 6.45) is 13.8. The summed E-state index contributed by atoms with van der Waals surface area (Å²) in [5.74, 6) is 2.33. The van der Waals surface area contributed by atoms with Gasteiger partial charge in [0.1, 0.15) is 29.5 Å². The Bertz CT molecular complexity index is 1870. The van der Waals surface area contributed by atoms with Gasteiger partial charge in [0.05, 0.1) is 28.4 Å². The van der Waals surface area contributed by atoms with E-state index in [0.717, 1.165) is 69.4 Å². The van der Waals surface area contributed by atoms with Crippen LogP contribution in [0.4, 0.5) is 10.2 Å². The number of rotatable bonds is 5. The number of phenolic OH excluding ortho intramolecular Hbond substituents is 1. The number of phenols is 1. The fourth-order valence-electron chi connectivity index (χ4n) is 7.78. The second kappa shape index (κ2) is 9.89. The first-order chi connectivity index (χ1) is 20.9. The largest absolute Gasteiger partial charge is 0.508 e. The molecule has 4 aromatic rings. The molecule has 2 unspecified atom stereocenters. The molecule has 9 rings (SSSR count). The SMILES string of the molecule is C#Cc1c(F)ccc2cc(O)cc(-n3ncc4c(N5CC6CCC5CN6)nc(OCC56CCCN5CCC6)nc4c3=O)c12. The minimum absolute atomic E-state index is 0.0116. The van der Waals surface area contributed by atoms with Gasteiger partial charge in [-0.1, -0.05) is 12.0 Å². The van der Waals surface area contributed by atoms with Crippen LogP contribution in [0.2, 0.25) is 0 Å². The molecule has 2 atom stereocenters. The summed E-state index contributed by atoms with van der Waals surface area (Å²) in [4.78, 5) is 28.6. The van der Waals surface area contributed by atoms with Crippen molar-refractivity contribution in [3.8, 4) is 29.8 Å². The molecule has 5 fully saturated rings. The molecule has 2 aromatic heterocycles. The van der Waals surface area contributed by atoms with Gasteiger partial charge in [-0.05, 0) is 69.1 Å². The van der Waals surface area contributed by atoms with Crippen LogP contribution in [0.5, 0.6) is 11.8 Å². The van der Waals surface area contributed by atoms with E-state index in [1.54, 1.807) is 6.20 Å². The van der Waals surface area contributed by atoms with E-state index in [1.165, 1.54) is 24.3 Å². The van der Waals surface area contributed by atoms with Crippen LogP contribution < -0.4 is 20.5 Å². The average molecular weight is 582 g/mol. The summed E-state index contributed by atoms with van der Waals surface area (Å²) in [6, 6.07) is 6.34. The Morgan fingerprint density at radius 3 is 2.74 bits per heavy atom. The molecule has 5 aliphatic rings. The summed E-state index contributed by atoms with van der Waals surface area (Å²) in [6.45, 7) is 4.22. The monoisotopic (exact) mass is 581 g/mol.